The highest BCUT2D eigenvalue weighted by atomic mass is 16.5. The molecule has 7 heteroatoms. The van der Waals surface area contributed by atoms with Gasteiger partial charge in [-0.25, -0.2) is 0 Å². The highest BCUT2D eigenvalue weighted by Gasteiger charge is 2.07. The number of aromatic nitrogens is 4. The van der Waals surface area contributed by atoms with Gasteiger partial charge >= 0.3 is 0 Å². The molecule has 0 saturated heterocycles. The summed E-state index contributed by atoms with van der Waals surface area (Å²) in [5.41, 5.74) is 0.910. The van der Waals surface area contributed by atoms with Crippen molar-refractivity contribution in [3.05, 3.63) is 30.1 Å². The Kier molecular flexibility index (Phi) is 6.11. The van der Waals surface area contributed by atoms with Gasteiger partial charge in [-0.3, -0.25) is 0 Å². The fourth-order valence-electron chi connectivity index (χ4n) is 1.79. The summed E-state index contributed by atoms with van der Waals surface area (Å²) in [6.07, 6.45) is 0.992. The Morgan fingerprint density at radius 1 is 1.19 bits per heavy atom. The summed E-state index contributed by atoms with van der Waals surface area (Å²) >= 11 is 0. The highest BCUT2D eigenvalue weighted by Crippen LogP contribution is 2.15. The lowest BCUT2D eigenvalue weighted by atomic mass is 10.3. The van der Waals surface area contributed by atoms with Crippen LogP contribution in [-0.4, -0.2) is 47.1 Å². The van der Waals surface area contributed by atoms with Crippen molar-refractivity contribution in [3.63, 3.8) is 0 Å². The average Bonchev–Trinajstić information content (AvgIpc) is 2.98. The minimum absolute atomic E-state index is 0.588. The quantitative estimate of drug-likeness (QED) is 0.700. The molecular weight excluding hydrogens is 270 g/mol. The van der Waals surface area contributed by atoms with Crippen molar-refractivity contribution in [1.82, 2.24) is 25.5 Å². The van der Waals surface area contributed by atoms with Crippen LogP contribution in [0.1, 0.15) is 19.2 Å². The lowest BCUT2D eigenvalue weighted by Gasteiger charge is -2.08. The van der Waals surface area contributed by atoms with Crippen LogP contribution in [0.3, 0.4) is 0 Å². The van der Waals surface area contributed by atoms with Crippen molar-refractivity contribution < 1.29 is 9.47 Å². The largest absolute Gasteiger partial charge is 0.494 e. The number of hydrogen-bond donors (Lipinski definition) is 1. The van der Waals surface area contributed by atoms with E-state index in [9.17, 15) is 0 Å². The Balaban J connectivity index is 1.99. The van der Waals surface area contributed by atoms with Gasteiger partial charge < -0.3 is 14.8 Å². The number of methoxy groups -OCH3 is 1. The molecule has 1 N–H and O–H groups in total. The molecule has 0 unspecified atom stereocenters. The molecular formula is C14H21N5O2. The Morgan fingerprint density at radius 2 is 2.00 bits per heavy atom. The molecule has 0 radical (unpaired) electrons. The van der Waals surface area contributed by atoms with Crippen LogP contribution in [-0.2, 0) is 11.3 Å². The fourth-order valence-corrected chi connectivity index (χ4v) is 1.79. The van der Waals surface area contributed by atoms with Crippen molar-refractivity contribution in [2.45, 2.75) is 19.9 Å². The molecule has 0 aliphatic heterocycles. The molecule has 114 valence electrons. The SMILES string of the molecule is CCCOc1ccc(-n2nnnc2CNCCOC)cc1. The molecule has 0 fully saturated rings. The van der Waals surface area contributed by atoms with Gasteiger partial charge in [0.15, 0.2) is 5.82 Å². The molecule has 0 amide bonds. The third kappa shape index (κ3) is 4.51. The van der Waals surface area contributed by atoms with E-state index in [0.717, 1.165) is 36.8 Å². The normalized spacial score (nSPS) is 10.8. The topological polar surface area (TPSA) is 74.1 Å². The molecule has 2 rings (SSSR count). The van der Waals surface area contributed by atoms with Crippen LogP contribution < -0.4 is 10.1 Å². The van der Waals surface area contributed by atoms with E-state index in [4.69, 9.17) is 9.47 Å². The zero-order chi connectivity index (χ0) is 14.9. The Morgan fingerprint density at radius 3 is 2.71 bits per heavy atom. The van der Waals surface area contributed by atoms with E-state index in [-0.39, 0.29) is 0 Å². The van der Waals surface area contributed by atoms with Gasteiger partial charge in [-0.05, 0) is 41.1 Å². The molecule has 0 aliphatic carbocycles. The number of tetrazole rings is 1. The maximum absolute atomic E-state index is 5.56. The lowest BCUT2D eigenvalue weighted by molar-refractivity contribution is 0.199. The minimum atomic E-state index is 0.588. The number of nitrogens with one attached hydrogen (secondary N) is 1. The monoisotopic (exact) mass is 291 g/mol. The van der Waals surface area contributed by atoms with Gasteiger partial charge in [-0.15, -0.1) is 5.10 Å². The van der Waals surface area contributed by atoms with Crippen LogP contribution in [0.15, 0.2) is 24.3 Å². The Labute approximate surface area is 124 Å². The first-order valence-corrected chi connectivity index (χ1v) is 7.05. The number of rotatable bonds is 9. The van der Waals surface area contributed by atoms with E-state index in [1.807, 2.05) is 24.3 Å². The van der Waals surface area contributed by atoms with Gasteiger partial charge in [0, 0.05) is 13.7 Å². The molecule has 2 aromatic rings. The predicted octanol–water partition coefficient (Wildman–Crippen LogP) is 1.19. The maximum atomic E-state index is 5.56. The van der Waals surface area contributed by atoms with Crippen molar-refractivity contribution >= 4 is 0 Å². The van der Waals surface area contributed by atoms with E-state index in [2.05, 4.69) is 27.8 Å². The summed E-state index contributed by atoms with van der Waals surface area (Å²) in [4.78, 5) is 0. The van der Waals surface area contributed by atoms with Gasteiger partial charge in [0.25, 0.3) is 0 Å². The standard InChI is InChI=1S/C14H21N5O2/c1-3-9-21-13-6-4-12(5-7-13)19-14(16-17-18-19)11-15-8-10-20-2/h4-7,15H,3,8-11H2,1-2H3. The highest BCUT2D eigenvalue weighted by molar-refractivity contribution is 5.37. The molecule has 0 atom stereocenters. The fraction of sp³-hybridized carbons (Fsp3) is 0.500. The summed E-state index contributed by atoms with van der Waals surface area (Å²) in [7, 11) is 1.67. The van der Waals surface area contributed by atoms with E-state index < -0.39 is 0 Å². The smallest absolute Gasteiger partial charge is 0.170 e. The zero-order valence-electron chi connectivity index (χ0n) is 12.5. The second-order valence-corrected chi connectivity index (χ2v) is 4.52. The van der Waals surface area contributed by atoms with E-state index >= 15 is 0 Å². The Bertz CT molecular complexity index is 526. The van der Waals surface area contributed by atoms with Crippen LogP contribution in [0.4, 0.5) is 0 Å². The maximum Gasteiger partial charge on any atom is 0.170 e. The minimum Gasteiger partial charge on any atom is -0.494 e. The number of ether oxygens (including phenoxy) is 2. The predicted molar refractivity (Wildman–Crippen MR) is 78.5 cm³/mol. The van der Waals surface area contributed by atoms with Crippen LogP contribution in [0.2, 0.25) is 0 Å². The van der Waals surface area contributed by atoms with Gasteiger partial charge in [0.1, 0.15) is 5.75 Å². The Hall–Kier alpha value is -1.99. The van der Waals surface area contributed by atoms with Gasteiger partial charge in [-0.1, -0.05) is 6.92 Å². The summed E-state index contributed by atoms with van der Waals surface area (Å²) in [5, 5.41) is 15.0. The van der Waals surface area contributed by atoms with Gasteiger partial charge in [-0.2, -0.15) is 4.68 Å². The molecule has 0 aliphatic rings. The third-order valence-corrected chi connectivity index (χ3v) is 2.85. The van der Waals surface area contributed by atoms with E-state index in [1.54, 1.807) is 11.8 Å². The van der Waals surface area contributed by atoms with Crippen molar-refractivity contribution in [2.24, 2.45) is 0 Å². The molecule has 1 aromatic carbocycles. The summed E-state index contributed by atoms with van der Waals surface area (Å²) < 4.78 is 12.3. The first-order chi connectivity index (χ1) is 10.3. The van der Waals surface area contributed by atoms with Gasteiger partial charge in [0.05, 0.1) is 25.4 Å². The molecule has 0 saturated carbocycles. The van der Waals surface area contributed by atoms with E-state index in [0.29, 0.717) is 13.2 Å². The lowest BCUT2D eigenvalue weighted by Crippen LogP contribution is -2.21. The average molecular weight is 291 g/mol. The summed E-state index contributed by atoms with van der Waals surface area (Å²) in [6.45, 7) is 4.81. The third-order valence-electron chi connectivity index (χ3n) is 2.85. The molecule has 1 heterocycles. The molecule has 0 spiro atoms. The van der Waals surface area contributed by atoms with Crippen molar-refractivity contribution in [2.75, 3.05) is 26.9 Å². The summed E-state index contributed by atoms with van der Waals surface area (Å²) in [6, 6.07) is 7.74. The number of hydrogen-bond acceptors (Lipinski definition) is 6. The second kappa shape index (κ2) is 8.33. The summed E-state index contributed by atoms with van der Waals surface area (Å²) in [5.74, 6) is 1.61. The first kappa shape index (κ1) is 15.4. The van der Waals surface area contributed by atoms with E-state index in [1.165, 1.54) is 0 Å². The van der Waals surface area contributed by atoms with Crippen molar-refractivity contribution in [3.8, 4) is 11.4 Å². The molecule has 1 aromatic heterocycles. The first-order valence-electron chi connectivity index (χ1n) is 7.05. The van der Waals surface area contributed by atoms with Crippen LogP contribution >= 0.6 is 0 Å². The van der Waals surface area contributed by atoms with Crippen molar-refractivity contribution in [1.29, 1.82) is 0 Å². The number of nitrogens with zero attached hydrogens (tertiary/aromatic N) is 4. The van der Waals surface area contributed by atoms with Crippen LogP contribution in [0.5, 0.6) is 5.75 Å². The zero-order valence-corrected chi connectivity index (χ0v) is 12.5. The second-order valence-electron chi connectivity index (χ2n) is 4.52. The van der Waals surface area contributed by atoms with Gasteiger partial charge in [0.2, 0.25) is 0 Å². The van der Waals surface area contributed by atoms with Crippen LogP contribution in [0.25, 0.3) is 5.69 Å². The molecule has 21 heavy (non-hydrogen) atoms. The molecule has 7 nitrogen and oxygen atoms in total. The number of benzene rings is 1. The molecule has 0 bridgehead atoms. The van der Waals surface area contributed by atoms with Crippen LogP contribution in [0, 0.1) is 0 Å².